The van der Waals surface area contributed by atoms with Crippen molar-refractivity contribution >= 4 is 5.57 Å². The Balaban J connectivity index is 1.77. The average molecular weight is 272 g/mol. The van der Waals surface area contributed by atoms with Crippen LogP contribution >= 0.6 is 0 Å². The topological polar surface area (TPSA) is 24.5 Å². The summed E-state index contributed by atoms with van der Waals surface area (Å²) in [5, 5.41) is 3.42. The molecule has 108 valence electrons. The van der Waals surface area contributed by atoms with Gasteiger partial charge in [-0.2, -0.15) is 0 Å². The second-order valence-electron chi connectivity index (χ2n) is 5.51. The second kappa shape index (κ2) is 6.42. The summed E-state index contributed by atoms with van der Waals surface area (Å²) in [7, 11) is 0. The van der Waals surface area contributed by atoms with Crippen molar-refractivity contribution in [3.05, 3.63) is 35.9 Å². The first kappa shape index (κ1) is 13.7. The molecule has 2 aliphatic rings. The summed E-state index contributed by atoms with van der Waals surface area (Å²) in [5.74, 6) is 1.03. The number of benzene rings is 1. The molecule has 20 heavy (non-hydrogen) atoms. The highest BCUT2D eigenvalue weighted by Gasteiger charge is 2.25. The molecule has 0 saturated carbocycles. The van der Waals surface area contributed by atoms with Gasteiger partial charge in [0.25, 0.3) is 0 Å². The van der Waals surface area contributed by atoms with Crippen LogP contribution in [-0.4, -0.2) is 43.7 Å². The Morgan fingerprint density at radius 1 is 1.25 bits per heavy atom. The van der Waals surface area contributed by atoms with Crippen LogP contribution in [0.3, 0.4) is 0 Å². The minimum Gasteiger partial charge on any atom is -0.493 e. The van der Waals surface area contributed by atoms with Gasteiger partial charge in [-0.1, -0.05) is 24.3 Å². The van der Waals surface area contributed by atoms with Crippen molar-refractivity contribution in [2.75, 3.05) is 32.8 Å². The molecule has 0 amide bonds. The fraction of sp³-hybridized carbons (Fsp3) is 0.529. The van der Waals surface area contributed by atoms with Crippen LogP contribution in [0.25, 0.3) is 5.57 Å². The average Bonchev–Trinajstić information content (AvgIpc) is 2.99. The second-order valence-corrected chi connectivity index (χ2v) is 5.51. The number of nitrogens with one attached hydrogen (secondary N) is 1. The predicted molar refractivity (Wildman–Crippen MR) is 83.1 cm³/mol. The minimum absolute atomic E-state index is 0.613. The van der Waals surface area contributed by atoms with Crippen molar-refractivity contribution < 1.29 is 4.74 Å². The summed E-state index contributed by atoms with van der Waals surface area (Å²) in [4.78, 5) is 2.60. The van der Waals surface area contributed by atoms with Gasteiger partial charge in [0.15, 0.2) is 0 Å². The molecule has 0 aromatic heterocycles. The molecule has 0 spiro atoms. The van der Waals surface area contributed by atoms with E-state index >= 15 is 0 Å². The monoisotopic (exact) mass is 272 g/mol. The van der Waals surface area contributed by atoms with Gasteiger partial charge in [0.2, 0.25) is 0 Å². The van der Waals surface area contributed by atoms with E-state index in [1.807, 2.05) is 6.92 Å². The Labute approximate surface area is 121 Å². The van der Waals surface area contributed by atoms with E-state index in [2.05, 4.69) is 40.6 Å². The first-order chi connectivity index (χ1) is 9.88. The minimum atomic E-state index is 0.613. The summed E-state index contributed by atoms with van der Waals surface area (Å²) in [6, 6.07) is 9.05. The van der Waals surface area contributed by atoms with E-state index in [4.69, 9.17) is 4.74 Å². The van der Waals surface area contributed by atoms with Crippen LogP contribution in [0.1, 0.15) is 25.3 Å². The number of hydrogen-bond acceptors (Lipinski definition) is 3. The van der Waals surface area contributed by atoms with Gasteiger partial charge < -0.3 is 10.1 Å². The van der Waals surface area contributed by atoms with Crippen molar-refractivity contribution in [3.63, 3.8) is 0 Å². The van der Waals surface area contributed by atoms with E-state index in [0.29, 0.717) is 6.04 Å². The van der Waals surface area contributed by atoms with E-state index in [1.54, 1.807) is 0 Å². The number of ether oxygens (including phenoxy) is 1. The Bertz CT molecular complexity index is 478. The van der Waals surface area contributed by atoms with Crippen molar-refractivity contribution in [1.29, 1.82) is 0 Å². The number of nitrogens with zero attached hydrogens (tertiary/aromatic N) is 1. The summed E-state index contributed by atoms with van der Waals surface area (Å²) in [5.41, 5.74) is 2.74. The first-order valence-electron chi connectivity index (χ1n) is 7.76. The first-order valence-corrected chi connectivity index (χ1v) is 7.76. The molecule has 3 nitrogen and oxygen atoms in total. The van der Waals surface area contributed by atoms with Gasteiger partial charge in [-0.3, -0.25) is 4.90 Å². The smallest absolute Gasteiger partial charge is 0.126 e. The SMILES string of the molecule is CCOc1ccccc1C1=CC(N2CCNCC2)CC1. The molecule has 3 rings (SSSR count). The molecule has 1 atom stereocenters. The predicted octanol–water partition coefficient (Wildman–Crippen LogP) is 2.54. The van der Waals surface area contributed by atoms with Gasteiger partial charge in [-0.15, -0.1) is 0 Å². The third-order valence-corrected chi connectivity index (χ3v) is 4.26. The molecule has 1 aromatic carbocycles. The molecule has 1 fully saturated rings. The van der Waals surface area contributed by atoms with Crippen LogP contribution in [0, 0.1) is 0 Å². The van der Waals surface area contributed by atoms with E-state index in [1.165, 1.54) is 37.1 Å². The molecule has 1 unspecified atom stereocenters. The Morgan fingerprint density at radius 2 is 2.05 bits per heavy atom. The van der Waals surface area contributed by atoms with Gasteiger partial charge in [0, 0.05) is 37.8 Å². The fourth-order valence-corrected chi connectivity index (χ4v) is 3.24. The van der Waals surface area contributed by atoms with Crippen LogP contribution in [0.5, 0.6) is 5.75 Å². The highest BCUT2D eigenvalue weighted by atomic mass is 16.5. The molecule has 1 N–H and O–H groups in total. The van der Waals surface area contributed by atoms with E-state index in [9.17, 15) is 0 Å². The standard InChI is InChI=1S/C17H24N2O/c1-2-20-17-6-4-3-5-16(17)14-7-8-15(13-14)19-11-9-18-10-12-19/h3-6,13,15,18H,2,7-12H2,1H3. The zero-order valence-electron chi connectivity index (χ0n) is 12.3. The van der Waals surface area contributed by atoms with Crippen molar-refractivity contribution in [3.8, 4) is 5.75 Å². The van der Waals surface area contributed by atoms with Crippen molar-refractivity contribution in [2.24, 2.45) is 0 Å². The Hall–Kier alpha value is -1.32. The van der Waals surface area contributed by atoms with Crippen LogP contribution < -0.4 is 10.1 Å². The van der Waals surface area contributed by atoms with Crippen LogP contribution in [-0.2, 0) is 0 Å². The summed E-state index contributed by atoms with van der Waals surface area (Å²) in [6.45, 7) is 7.35. The van der Waals surface area contributed by atoms with E-state index < -0.39 is 0 Å². The quantitative estimate of drug-likeness (QED) is 0.911. The van der Waals surface area contributed by atoms with Gasteiger partial charge >= 0.3 is 0 Å². The van der Waals surface area contributed by atoms with Gasteiger partial charge in [0.1, 0.15) is 5.75 Å². The van der Waals surface area contributed by atoms with Gasteiger partial charge in [-0.25, -0.2) is 0 Å². The summed E-state index contributed by atoms with van der Waals surface area (Å²) >= 11 is 0. The van der Waals surface area contributed by atoms with Crippen molar-refractivity contribution in [1.82, 2.24) is 10.2 Å². The maximum atomic E-state index is 5.77. The van der Waals surface area contributed by atoms with E-state index in [0.717, 1.165) is 25.4 Å². The molecule has 0 radical (unpaired) electrons. The number of allylic oxidation sites excluding steroid dienone is 1. The lowest BCUT2D eigenvalue weighted by molar-refractivity contribution is 0.200. The van der Waals surface area contributed by atoms with Crippen molar-refractivity contribution in [2.45, 2.75) is 25.8 Å². The maximum Gasteiger partial charge on any atom is 0.126 e. The molecule has 1 heterocycles. The molecular formula is C17H24N2O. The number of para-hydroxylation sites is 1. The Morgan fingerprint density at radius 3 is 2.85 bits per heavy atom. The van der Waals surface area contributed by atoms with Crippen LogP contribution in [0.4, 0.5) is 0 Å². The number of piperazine rings is 1. The van der Waals surface area contributed by atoms with Gasteiger partial charge in [0.05, 0.1) is 6.61 Å². The van der Waals surface area contributed by atoms with Crippen LogP contribution in [0.2, 0.25) is 0 Å². The number of hydrogen-bond donors (Lipinski definition) is 1. The summed E-state index contributed by atoms with van der Waals surface area (Å²) < 4.78 is 5.77. The normalized spacial score (nSPS) is 23.6. The zero-order valence-corrected chi connectivity index (χ0v) is 12.3. The fourth-order valence-electron chi connectivity index (χ4n) is 3.24. The maximum absolute atomic E-state index is 5.77. The lowest BCUT2D eigenvalue weighted by Gasteiger charge is -2.31. The third-order valence-electron chi connectivity index (χ3n) is 4.26. The lowest BCUT2D eigenvalue weighted by Crippen LogP contribution is -2.47. The molecule has 0 bridgehead atoms. The zero-order chi connectivity index (χ0) is 13.8. The molecule has 1 aliphatic carbocycles. The van der Waals surface area contributed by atoms with Crippen LogP contribution in [0.15, 0.2) is 30.3 Å². The highest BCUT2D eigenvalue weighted by molar-refractivity contribution is 5.72. The molecule has 3 heteroatoms. The molecule has 1 aromatic rings. The lowest BCUT2D eigenvalue weighted by atomic mass is 10.0. The number of rotatable bonds is 4. The third kappa shape index (κ3) is 2.89. The Kier molecular flexibility index (Phi) is 4.38. The van der Waals surface area contributed by atoms with Gasteiger partial charge in [-0.05, 0) is 31.4 Å². The molecular weight excluding hydrogens is 248 g/mol. The molecule has 1 saturated heterocycles. The highest BCUT2D eigenvalue weighted by Crippen LogP contribution is 2.35. The van der Waals surface area contributed by atoms with E-state index in [-0.39, 0.29) is 0 Å². The largest absolute Gasteiger partial charge is 0.493 e. The summed E-state index contributed by atoms with van der Waals surface area (Å²) in [6.07, 6.45) is 4.87. The molecule has 1 aliphatic heterocycles.